The second-order valence-electron chi connectivity index (χ2n) is 11.4. The molecule has 0 atom stereocenters. The number of hydrogen-bond acceptors (Lipinski definition) is 6. The van der Waals surface area contributed by atoms with E-state index in [1.165, 1.54) is 12.5 Å². The van der Waals surface area contributed by atoms with Crippen LogP contribution in [0.4, 0.5) is 0 Å². The number of fused-ring (bicyclic) bond motifs is 1. The van der Waals surface area contributed by atoms with E-state index in [1.54, 1.807) is 30.6 Å². The van der Waals surface area contributed by atoms with Gasteiger partial charge in [0.05, 0.1) is 17.5 Å². The second kappa shape index (κ2) is 17.4. The first kappa shape index (κ1) is 35.3. The van der Waals surface area contributed by atoms with Crippen LogP contribution in [0.25, 0.3) is 55.6 Å². The summed E-state index contributed by atoms with van der Waals surface area (Å²) in [5.41, 5.74) is 23.4. The zero-order valence-corrected chi connectivity index (χ0v) is 28.7. The Kier molecular flexibility index (Phi) is 12.0. The van der Waals surface area contributed by atoms with Crippen LogP contribution >= 0.6 is 0 Å². The van der Waals surface area contributed by atoms with Gasteiger partial charge < -0.3 is 11.5 Å². The summed E-state index contributed by atoms with van der Waals surface area (Å²) in [4.78, 5) is 9.29. The number of allylic oxidation sites excluding steroid dienone is 6. The molecular formula is C45H38N6. The minimum atomic E-state index is 0.332. The Labute approximate surface area is 299 Å². The molecule has 6 heteroatoms. The highest BCUT2D eigenvalue weighted by molar-refractivity contribution is 6.11. The first-order chi connectivity index (χ1) is 25.0. The molecule has 0 fully saturated rings. The molecule has 0 spiro atoms. The van der Waals surface area contributed by atoms with Crippen molar-refractivity contribution in [2.45, 2.75) is 20.3 Å². The van der Waals surface area contributed by atoms with Gasteiger partial charge in [0, 0.05) is 29.9 Å². The maximum absolute atomic E-state index is 9.26. The van der Waals surface area contributed by atoms with Crippen LogP contribution in [0.15, 0.2) is 158 Å². The number of nitrogens with two attached hydrogens (primary N) is 2. The molecule has 248 valence electrons. The van der Waals surface area contributed by atoms with Crippen LogP contribution < -0.4 is 11.5 Å². The third kappa shape index (κ3) is 8.17. The second-order valence-corrected chi connectivity index (χ2v) is 11.4. The van der Waals surface area contributed by atoms with Crippen LogP contribution in [0.1, 0.15) is 36.4 Å². The lowest BCUT2D eigenvalue weighted by Crippen LogP contribution is -2.01. The van der Waals surface area contributed by atoms with Crippen LogP contribution in [0.5, 0.6) is 0 Å². The average Bonchev–Trinajstić information content (AvgIpc) is 3.19. The van der Waals surface area contributed by atoms with E-state index in [1.807, 2.05) is 49.4 Å². The van der Waals surface area contributed by atoms with Crippen LogP contribution in [-0.4, -0.2) is 9.97 Å². The van der Waals surface area contributed by atoms with Crippen LogP contribution in [-0.2, 0) is 6.42 Å². The van der Waals surface area contributed by atoms with E-state index in [0.717, 1.165) is 61.1 Å². The molecule has 2 heterocycles. The lowest BCUT2D eigenvalue weighted by atomic mass is 9.81. The third-order valence-electron chi connectivity index (χ3n) is 8.28. The molecule has 6 rings (SSSR count). The number of nitriles is 2. The van der Waals surface area contributed by atoms with Gasteiger partial charge >= 0.3 is 0 Å². The molecule has 51 heavy (non-hydrogen) atoms. The first-order valence-corrected chi connectivity index (χ1v) is 16.5. The normalized spacial score (nSPS) is 11.6. The summed E-state index contributed by atoms with van der Waals surface area (Å²) in [5, 5.41) is 18.9. The van der Waals surface area contributed by atoms with Gasteiger partial charge in [-0.15, -0.1) is 0 Å². The Balaban J connectivity index is 0.00000162. The fraction of sp³-hybridized carbons (Fsp3) is 0.0667. The largest absolute Gasteiger partial charge is 0.405 e. The summed E-state index contributed by atoms with van der Waals surface area (Å²) in [6.45, 7) is 3.42. The van der Waals surface area contributed by atoms with Gasteiger partial charge in [-0.25, -0.2) is 9.97 Å². The minimum absolute atomic E-state index is 0.332. The van der Waals surface area contributed by atoms with E-state index < -0.39 is 0 Å². The summed E-state index contributed by atoms with van der Waals surface area (Å²) < 4.78 is 0. The van der Waals surface area contributed by atoms with Gasteiger partial charge in [-0.2, -0.15) is 10.5 Å². The molecule has 0 unspecified atom stereocenters. The molecule has 4 aromatic carbocycles. The van der Waals surface area contributed by atoms with E-state index in [2.05, 4.69) is 102 Å². The predicted octanol–water partition coefficient (Wildman–Crippen LogP) is 10.0. The van der Waals surface area contributed by atoms with Gasteiger partial charge in [-0.05, 0) is 100 Å². The van der Waals surface area contributed by atoms with E-state index in [9.17, 15) is 5.26 Å². The SMILES string of the molecule is C/C=C(\C=C/N)c1cccc(-c2c(-c3ccccc3)c(-c3ccccc3)c(C/C=C\C=C(/N)c3ccnc(C#N)c3)c3ccccc23)n1.CC#N. The molecule has 2 aromatic heterocycles. The summed E-state index contributed by atoms with van der Waals surface area (Å²) in [6, 6.07) is 43.2. The molecule has 6 aromatic rings. The van der Waals surface area contributed by atoms with Crippen molar-refractivity contribution in [3.8, 4) is 45.6 Å². The summed E-state index contributed by atoms with van der Waals surface area (Å²) in [7, 11) is 0. The number of nitrogens with zero attached hydrogens (tertiary/aromatic N) is 4. The Morgan fingerprint density at radius 2 is 1.43 bits per heavy atom. The Morgan fingerprint density at radius 3 is 2.08 bits per heavy atom. The molecular weight excluding hydrogens is 625 g/mol. The highest BCUT2D eigenvalue weighted by atomic mass is 14.7. The lowest BCUT2D eigenvalue weighted by Gasteiger charge is -2.23. The van der Waals surface area contributed by atoms with E-state index in [4.69, 9.17) is 21.7 Å². The fourth-order valence-electron chi connectivity index (χ4n) is 6.10. The molecule has 0 aliphatic carbocycles. The quantitative estimate of drug-likeness (QED) is 0.148. The molecule has 0 aliphatic heterocycles. The van der Waals surface area contributed by atoms with Gasteiger partial charge in [0.2, 0.25) is 0 Å². The molecule has 0 saturated carbocycles. The van der Waals surface area contributed by atoms with E-state index in [-0.39, 0.29) is 0 Å². The lowest BCUT2D eigenvalue weighted by molar-refractivity contribution is 1.25. The highest BCUT2D eigenvalue weighted by Crippen LogP contribution is 2.47. The van der Waals surface area contributed by atoms with Crippen molar-refractivity contribution in [2.75, 3.05) is 0 Å². The summed E-state index contributed by atoms with van der Waals surface area (Å²) >= 11 is 0. The summed E-state index contributed by atoms with van der Waals surface area (Å²) in [6.07, 6.45) is 13.7. The average molecular weight is 663 g/mol. The number of rotatable bonds is 9. The standard InChI is InChI=1S/C43H35N5.C2H3N/c1-2-30(24-26-44)39-22-13-23-40(48-39)43-37-20-10-9-18-35(37)36(19-11-12-21-38(46)33-25-27-47-34(28-33)29-45)41(31-14-5-3-6-15-31)42(43)32-16-7-4-8-17-32;1-2-3/h2-18,20-28H,19,44,46H2,1H3;1H3/b12-11-,26-24-,30-2+,38-21-;. The van der Waals surface area contributed by atoms with E-state index >= 15 is 0 Å². The van der Waals surface area contributed by atoms with Crippen molar-refractivity contribution in [1.29, 1.82) is 10.5 Å². The Bertz CT molecular complexity index is 2340. The molecule has 4 N–H and O–H groups in total. The van der Waals surface area contributed by atoms with Gasteiger partial charge in [-0.1, -0.05) is 109 Å². The summed E-state index contributed by atoms with van der Waals surface area (Å²) in [5.74, 6) is 0. The maximum atomic E-state index is 9.26. The van der Waals surface area contributed by atoms with Gasteiger partial charge in [0.15, 0.2) is 0 Å². The van der Waals surface area contributed by atoms with Crippen molar-refractivity contribution < 1.29 is 0 Å². The monoisotopic (exact) mass is 662 g/mol. The number of aromatic nitrogens is 2. The van der Waals surface area contributed by atoms with Gasteiger partial charge in [0.25, 0.3) is 0 Å². The van der Waals surface area contributed by atoms with Gasteiger partial charge in [-0.3, -0.25) is 0 Å². The number of pyridine rings is 2. The number of benzene rings is 4. The Hall–Kier alpha value is -7.02. The number of hydrogen-bond donors (Lipinski definition) is 2. The van der Waals surface area contributed by atoms with E-state index in [0.29, 0.717) is 17.8 Å². The van der Waals surface area contributed by atoms with Gasteiger partial charge in [0.1, 0.15) is 11.8 Å². The smallest absolute Gasteiger partial charge is 0.141 e. The first-order valence-electron chi connectivity index (χ1n) is 16.5. The van der Waals surface area contributed by atoms with Crippen molar-refractivity contribution in [3.63, 3.8) is 0 Å². The molecule has 0 amide bonds. The van der Waals surface area contributed by atoms with Crippen molar-refractivity contribution >= 4 is 22.0 Å². The zero-order chi connectivity index (χ0) is 36.0. The van der Waals surface area contributed by atoms with Crippen molar-refractivity contribution in [3.05, 3.63) is 181 Å². The fourth-order valence-corrected chi connectivity index (χ4v) is 6.10. The predicted molar refractivity (Wildman–Crippen MR) is 210 cm³/mol. The minimum Gasteiger partial charge on any atom is -0.405 e. The molecule has 0 radical (unpaired) electrons. The van der Waals surface area contributed by atoms with Crippen LogP contribution in [0.2, 0.25) is 0 Å². The van der Waals surface area contributed by atoms with Crippen molar-refractivity contribution in [1.82, 2.24) is 9.97 Å². The molecule has 0 saturated heterocycles. The van der Waals surface area contributed by atoms with Crippen molar-refractivity contribution in [2.24, 2.45) is 11.5 Å². The highest BCUT2D eigenvalue weighted by Gasteiger charge is 2.23. The van der Waals surface area contributed by atoms with Crippen LogP contribution in [0.3, 0.4) is 0 Å². The molecule has 0 bridgehead atoms. The Morgan fingerprint density at radius 1 is 0.784 bits per heavy atom. The topological polar surface area (TPSA) is 125 Å². The molecule has 0 aliphatic rings. The maximum Gasteiger partial charge on any atom is 0.141 e. The molecule has 6 nitrogen and oxygen atoms in total. The zero-order valence-electron chi connectivity index (χ0n) is 28.7. The van der Waals surface area contributed by atoms with Crippen LogP contribution in [0, 0.1) is 22.7 Å². The third-order valence-corrected chi connectivity index (χ3v) is 8.28.